The number of carbonyl (C=O) groups is 5. The van der Waals surface area contributed by atoms with E-state index >= 15 is 4.39 Å². The number of unbranched alkanes of at least 4 members (excludes halogenated alkanes) is 1. The van der Waals surface area contributed by atoms with Crippen LogP contribution >= 0.6 is 23.4 Å². The molecule has 7 N–H and O–H groups in total. The Hall–Kier alpha value is -8.68. The molecular weight excluding hydrogens is 1590 g/mol. The Kier molecular flexibility index (Phi) is 29.9. The van der Waals surface area contributed by atoms with Crippen LogP contribution in [0.3, 0.4) is 0 Å². The number of nitrogens with zero attached hydrogens (tertiary/aromatic N) is 5. The molecule has 4 aliphatic rings. The summed E-state index contributed by atoms with van der Waals surface area (Å²) in [6, 6.07) is 32.9. The van der Waals surface area contributed by atoms with Crippen molar-refractivity contribution in [2.24, 2.45) is 0 Å². The molecule has 3 fully saturated rings. The molecule has 2 atom stereocenters. The maximum Gasteiger partial charge on any atom is 0.501 e. The van der Waals surface area contributed by atoms with Crippen molar-refractivity contribution in [3.8, 4) is 22.4 Å². The molecular formula is C80H97ClF4N12O14S4. The molecule has 620 valence electrons. The van der Waals surface area contributed by atoms with Gasteiger partial charge in [-0.2, -0.15) is 13.2 Å². The van der Waals surface area contributed by atoms with Crippen LogP contribution in [0, 0.1) is 12.7 Å². The summed E-state index contributed by atoms with van der Waals surface area (Å²) in [6.45, 7) is 14.4. The van der Waals surface area contributed by atoms with Gasteiger partial charge in [0.25, 0.3) is 31.7 Å². The van der Waals surface area contributed by atoms with Gasteiger partial charge in [0.1, 0.15) is 16.8 Å². The lowest BCUT2D eigenvalue weighted by atomic mass is 9.99. The van der Waals surface area contributed by atoms with Gasteiger partial charge in [-0.25, -0.2) is 29.6 Å². The average molecular weight is 1690 g/mol. The van der Waals surface area contributed by atoms with E-state index in [4.69, 9.17) is 25.8 Å². The van der Waals surface area contributed by atoms with Crippen LogP contribution in [-0.4, -0.2) is 223 Å². The number of sulfone groups is 2. The third-order valence-electron chi connectivity index (χ3n) is 20.3. The maximum absolute atomic E-state index is 15.9. The Bertz CT molecular complexity index is 4940. The number of piperidine rings is 2. The molecule has 0 spiro atoms. The Morgan fingerprint density at radius 2 is 1.33 bits per heavy atom. The zero-order valence-corrected chi connectivity index (χ0v) is 68.4. The Labute approximate surface area is 677 Å². The third kappa shape index (κ3) is 22.7. The molecule has 4 aliphatic heterocycles. The summed E-state index contributed by atoms with van der Waals surface area (Å²) >= 11 is 7.72. The van der Waals surface area contributed by atoms with Crippen LogP contribution in [0.25, 0.3) is 22.4 Å². The molecule has 5 amide bonds. The first-order chi connectivity index (χ1) is 54.9. The van der Waals surface area contributed by atoms with Crippen molar-refractivity contribution in [2.75, 3.05) is 155 Å². The van der Waals surface area contributed by atoms with E-state index in [0.717, 1.165) is 73.5 Å². The van der Waals surface area contributed by atoms with Gasteiger partial charge in [-0.3, -0.25) is 38.9 Å². The van der Waals surface area contributed by atoms with Crippen molar-refractivity contribution in [3.05, 3.63) is 161 Å². The first kappa shape index (κ1) is 87.2. The number of amides is 5. The number of carbonyl (C=O) groups excluding carboxylic acids is 5. The quantitative estimate of drug-likeness (QED) is 0.00812. The minimum Gasteiger partial charge on any atom is -0.380 e. The lowest BCUT2D eigenvalue weighted by Gasteiger charge is -2.37. The predicted molar refractivity (Wildman–Crippen MR) is 436 cm³/mol. The van der Waals surface area contributed by atoms with E-state index in [0.29, 0.717) is 160 Å². The fourth-order valence-corrected chi connectivity index (χ4v) is 19.0. The first-order valence-corrected chi connectivity index (χ1v) is 44.5. The van der Waals surface area contributed by atoms with Crippen molar-refractivity contribution >= 4 is 111 Å². The Morgan fingerprint density at radius 1 is 0.687 bits per heavy atom. The fourth-order valence-electron chi connectivity index (χ4n) is 14.6. The Morgan fingerprint density at radius 3 is 1.99 bits per heavy atom. The number of thioether (sulfide) groups is 1. The standard InChI is InChI=1S/C80H97ClF4N12O14S4/c1-53(2)96-54(3)76(113(4,103)104)74(75(96)55-12-14-57(81)15-13-55)56-46-58(82)48-64(47-56)95-38-36-94(37-39-95)63-19-16-60(17-20-63)92-115(107,108)66-21-23-69(71(50-66)114(105,106)80(83,84)85)90-62(52-112-65-10-6-5-7-11-65)28-35-93-33-26-59(27-34-93)87-32-41-110-43-45-111-44-42-109-40-31-86-29-8-9-30-88-73(99)51-89-61-18-22-67-68(49-61)79(102)97(78(67)101)70-24-25-72(98)91-77(70)100/h5-7,10-23,46-50,53,59,62,70,86-87,89-90,92H,8-9,24-45,51-52H2,1-4H3,(H,88,99)(H,91,98,100). The normalized spacial score (nSPS) is 16.3. The van der Waals surface area contributed by atoms with Gasteiger partial charge in [-0.05, 0) is 193 Å². The van der Waals surface area contributed by atoms with Crippen molar-refractivity contribution in [1.82, 2.24) is 35.6 Å². The highest BCUT2D eigenvalue weighted by atomic mass is 35.5. The van der Waals surface area contributed by atoms with Gasteiger partial charge in [0, 0.05) is 133 Å². The Balaban J connectivity index is 0.577. The van der Waals surface area contributed by atoms with Gasteiger partial charge in [0.2, 0.25) is 17.7 Å². The van der Waals surface area contributed by atoms with E-state index in [1.807, 2.05) is 70.7 Å². The molecule has 2 unspecified atom stereocenters. The number of imide groups is 2. The van der Waals surface area contributed by atoms with Gasteiger partial charge in [0.05, 0.1) is 78.5 Å². The number of rotatable bonds is 40. The van der Waals surface area contributed by atoms with Crippen molar-refractivity contribution in [3.63, 3.8) is 0 Å². The summed E-state index contributed by atoms with van der Waals surface area (Å²) in [5.74, 6) is -2.85. The largest absolute Gasteiger partial charge is 0.501 e. The molecule has 0 aliphatic carbocycles. The number of anilines is 5. The number of fused-ring (bicyclic) bond motifs is 1. The van der Waals surface area contributed by atoms with Gasteiger partial charge in [-0.1, -0.05) is 41.9 Å². The van der Waals surface area contributed by atoms with Gasteiger partial charge in [-0.15, -0.1) is 11.8 Å². The molecule has 5 heterocycles. The van der Waals surface area contributed by atoms with Crippen LogP contribution in [-0.2, 0) is 58.3 Å². The molecule has 26 nitrogen and oxygen atoms in total. The summed E-state index contributed by atoms with van der Waals surface area (Å²) in [4.78, 5) is 68.7. The minimum atomic E-state index is -6.11. The number of alkyl halides is 3. The zero-order valence-electron chi connectivity index (χ0n) is 64.4. The molecule has 35 heteroatoms. The number of ether oxygens (including phenoxy) is 3. The number of likely N-dealkylation sites (tertiary alicyclic amines) is 1. The maximum atomic E-state index is 15.9. The number of nitrogens with one attached hydrogen (secondary N) is 7. The van der Waals surface area contributed by atoms with Crippen molar-refractivity contribution in [1.29, 1.82) is 0 Å². The number of hydrogen-bond donors (Lipinski definition) is 7. The third-order valence-corrected chi connectivity index (χ3v) is 25.9. The zero-order chi connectivity index (χ0) is 82.2. The molecule has 3 saturated heterocycles. The minimum absolute atomic E-state index is 0.0217. The van der Waals surface area contributed by atoms with Crippen LogP contribution in [0.1, 0.15) is 91.2 Å². The summed E-state index contributed by atoms with van der Waals surface area (Å²) in [7, 11) is -14.6. The number of piperazine rings is 1. The second-order valence-electron chi connectivity index (χ2n) is 28.8. The molecule has 6 aromatic carbocycles. The van der Waals surface area contributed by atoms with E-state index < -0.39 is 92.2 Å². The van der Waals surface area contributed by atoms with E-state index in [-0.39, 0.29) is 59.1 Å². The highest BCUT2D eigenvalue weighted by molar-refractivity contribution is 7.99. The van der Waals surface area contributed by atoms with Gasteiger partial charge >= 0.3 is 5.51 Å². The predicted octanol–water partition coefficient (Wildman–Crippen LogP) is 10.4. The van der Waals surface area contributed by atoms with Crippen LogP contribution in [0.4, 0.5) is 46.0 Å². The van der Waals surface area contributed by atoms with Crippen LogP contribution in [0.2, 0.25) is 5.02 Å². The molecule has 0 bridgehead atoms. The smallest absolute Gasteiger partial charge is 0.380 e. The number of sulfonamides is 1. The average Bonchev–Trinajstić information content (AvgIpc) is 1.61. The first-order valence-electron chi connectivity index (χ1n) is 38.2. The number of hydrogen-bond acceptors (Lipinski definition) is 22. The molecule has 11 rings (SSSR count). The molecule has 0 radical (unpaired) electrons. The van der Waals surface area contributed by atoms with E-state index in [2.05, 4.69) is 41.5 Å². The highest BCUT2D eigenvalue weighted by Gasteiger charge is 2.49. The van der Waals surface area contributed by atoms with Crippen LogP contribution < -0.4 is 46.4 Å². The second kappa shape index (κ2) is 39.5. The SMILES string of the molecule is Cc1c(S(C)(=O)=O)c(-c2cc(F)cc(N3CCN(c4ccc(NS(=O)(=O)c5ccc(NC(CCN6CCC(NCCOCCOCCOCCNCCCCNC(=O)CNc7ccc8c(c7)C(=O)N(C7CCC(=O)NC7=O)C8=O)CC6)CSc6ccccc6)c(S(=O)(=O)C(F)(F)F)c5)cc4)CC3)c2)c(-c2ccc(Cl)cc2)n1C(C)C. The molecule has 115 heavy (non-hydrogen) atoms. The summed E-state index contributed by atoms with van der Waals surface area (Å²) in [5.41, 5.74) is -1.53. The molecule has 0 saturated carbocycles. The van der Waals surface area contributed by atoms with E-state index in [1.165, 1.54) is 48.2 Å². The lowest BCUT2D eigenvalue weighted by Crippen LogP contribution is -2.54. The van der Waals surface area contributed by atoms with E-state index in [1.54, 1.807) is 43.3 Å². The van der Waals surface area contributed by atoms with Crippen molar-refractivity contribution in [2.45, 2.75) is 115 Å². The summed E-state index contributed by atoms with van der Waals surface area (Å²) in [6.07, 6.45) is 4.85. The van der Waals surface area contributed by atoms with Crippen LogP contribution in [0.15, 0.2) is 153 Å². The molecule has 7 aromatic rings. The highest BCUT2D eigenvalue weighted by Crippen LogP contribution is 2.45. The van der Waals surface area contributed by atoms with Crippen molar-refractivity contribution < 1.29 is 81.0 Å². The second-order valence-corrected chi connectivity index (χ2v) is 35.9. The van der Waals surface area contributed by atoms with Crippen LogP contribution in [0.5, 0.6) is 0 Å². The molecule has 1 aromatic heterocycles. The summed E-state index contributed by atoms with van der Waals surface area (Å²) < 4.78 is 164. The topological polar surface area (TPSA) is 318 Å². The number of aromatic nitrogens is 1. The number of benzene rings is 6. The summed E-state index contributed by atoms with van der Waals surface area (Å²) in [5, 5.41) is 18.4. The monoisotopic (exact) mass is 1690 g/mol. The van der Waals surface area contributed by atoms with Gasteiger partial charge < -0.3 is 60.1 Å². The van der Waals surface area contributed by atoms with E-state index in [9.17, 15) is 62.4 Å². The number of halogens is 5. The lowest BCUT2D eigenvalue weighted by molar-refractivity contribution is -0.136. The fraction of sp³-hybridized carbons (Fsp3) is 0.438. The van der Waals surface area contributed by atoms with Gasteiger partial charge in [0.15, 0.2) is 9.84 Å².